The third-order valence-corrected chi connectivity index (χ3v) is 5.09. The summed E-state index contributed by atoms with van der Waals surface area (Å²) in [6.07, 6.45) is -0.319. The Labute approximate surface area is 119 Å². The average molecular weight is 300 g/mol. The van der Waals surface area contributed by atoms with Crippen molar-refractivity contribution in [3.05, 3.63) is 18.2 Å². The molecule has 1 heterocycles. The van der Waals surface area contributed by atoms with Crippen molar-refractivity contribution in [2.45, 2.75) is 11.0 Å². The summed E-state index contributed by atoms with van der Waals surface area (Å²) in [5, 5.41) is 0. The summed E-state index contributed by atoms with van der Waals surface area (Å²) in [7, 11) is -0.0955. The molecule has 0 aromatic heterocycles. The Balaban J connectivity index is 2.22. The zero-order valence-electron chi connectivity index (χ0n) is 11.7. The molecule has 0 saturated carbocycles. The number of ether oxygens (including phenoxy) is 2. The van der Waals surface area contributed by atoms with E-state index in [1.54, 1.807) is 6.07 Å². The summed E-state index contributed by atoms with van der Waals surface area (Å²) in [5.74, 6) is 0.214. The third-order valence-electron chi connectivity index (χ3n) is 3.27. The van der Waals surface area contributed by atoms with Crippen LogP contribution in [0.3, 0.4) is 0 Å². The van der Waals surface area contributed by atoms with Crippen molar-refractivity contribution in [2.75, 3.05) is 45.3 Å². The maximum atomic E-state index is 12.5. The number of likely N-dealkylation sites (N-methyl/N-ethyl adjacent to an activating group) is 1. The summed E-state index contributed by atoms with van der Waals surface area (Å²) < 4.78 is 35.6. The zero-order valence-corrected chi connectivity index (χ0v) is 12.5. The Kier molecular flexibility index (Phi) is 4.52. The molecule has 1 aromatic carbocycles. The van der Waals surface area contributed by atoms with Crippen molar-refractivity contribution in [1.29, 1.82) is 0 Å². The van der Waals surface area contributed by atoms with Gasteiger partial charge in [-0.05, 0) is 19.2 Å². The lowest BCUT2D eigenvalue weighted by molar-refractivity contribution is -0.00681. The monoisotopic (exact) mass is 300 g/mol. The van der Waals surface area contributed by atoms with Crippen molar-refractivity contribution < 1.29 is 17.9 Å². The molecule has 7 heteroatoms. The number of sulfone groups is 1. The number of nitrogen functional groups attached to an aromatic ring is 1. The van der Waals surface area contributed by atoms with E-state index in [9.17, 15) is 8.42 Å². The molecule has 1 aliphatic rings. The Morgan fingerprint density at radius 2 is 2.25 bits per heavy atom. The molecule has 0 spiro atoms. The minimum atomic E-state index is -3.48. The van der Waals surface area contributed by atoms with Crippen LogP contribution in [0, 0.1) is 0 Å². The van der Waals surface area contributed by atoms with E-state index < -0.39 is 9.84 Å². The second-order valence-electron chi connectivity index (χ2n) is 4.95. The van der Waals surface area contributed by atoms with Gasteiger partial charge in [-0.3, -0.25) is 0 Å². The predicted octanol–water partition coefficient (Wildman–Crippen LogP) is 0.382. The predicted molar refractivity (Wildman–Crippen MR) is 76.7 cm³/mol. The lowest BCUT2D eigenvalue weighted by Gasteiger charge is -2.29. The van der Waals surface area contributed by atoms with Crippen molar-refractivity contribution in [2.24, 2.45) is 0 Å². The first-order chi connectivity index (χ1) is 9.42. The SMILES string of the molecule is COc1cc(N)ccc1S(=O)(=O)CC1CN(C)CCO1. The maximum absolute atomic E-state index is 12.5. The first kappa shape index (κ1) is 15.1. The quantitative estimate of drug-likeness (QED) is 0.810. The molecule has 2 rings (SSSR count). The highest BCUT2D eigenvalue weighted by Crippen LogP contribution is 2.27. The number of morpholine rings is 1. The summed E-state index contributed by atoms with van der Waals surface area (Å²) in [6.45, 7) is 1.98. The molecule has 1 saturated heterocycles. The zero-order chi connectivity index (χ0) is 14.8. The molecule has 1 aromatic rings. The lowest BCUT2D eigenvalue weighted by atomic mass is 10.3. The van der Waals surface area contributed by atoms with Gasteiger partial charge in [0, 0.05) is 24.8 Å². The third kappa shape index (κ3) is 3.41. The van der Waals surface area contributed by atoms with Crippen LogP contribution in [-0.4, -0.2) is 59.0 Å². The number of nitrogens with zero attached hydrogens (tertiary/aromatic N) is 1. The van der Waals surface area contributed by atoms with Crippen LogP contribution in [0.2, 0.25) is 0 Å². The van der Waals surface area contributed by atoms with Gasteiger partial charge in [-0.15, -0.1) is 0 Å². The van der Waals surface area contributed by atoms with Gasteiger partial charge >= 0.3 is 0 Å². The normalized spacial score (nSPS) is 20.8. The van der Waals surface area contributed by atoms with Crippen molar-refractivity contribution >= 4 is 15.5 Å². The van der Waals surface area contributed by atoms with Crippen molar-refractivity contribution in [1.82, 2.24) is 4.90 Å². The summed E-state index contributed by atoms with van der Waals surface area (Å²) in [6, 6.07) is 4.56. The highest BCUT2D eigenvalue weighted by molar-refractivity contribution is 7.91. The van der Waals surface area contributed by atoms with Crippen LogP contribution in [0.4, 0.5) is 5.69 Å². The molecular weight excluding hydrogens is 280 g/mol. The topological polar surface area (TPSA) is 81.9 Å². The summed E-state index contributed by atoms with van der Waals surface area (Å²) in [5.41, 5.74) is 6.11. The molecule has 0 aliphatic carbocycles. The number of hydrogen-bond acceptors (Lipinski definition) is 6. The van der Waals surface area contributed by atoms with Crippen molar-refractivity contribution in [3.8, 4) is 5.75 Å². The molecule has 0 radical (unpaired) electrons. The van der Waals surface area contributed by atoms with Crippen LogP contribution in [0.25, 0.3) is 0 Å². The van der Waals surface area contributed by atoms with E-state index in [1.165, 1.54) is 19.2 Å². The highest BCUT2D eigenvalue weighted by atomic mass is 32.2. The molecule has 1 aliphatic heterocycles. The smallest absolute Gasteiger partial charge is 0.184 e. The van der Waals surface area contributed by atoms with Gasteiger partial charge in [0.25, 0.3) is 0 Å². The van der Waals surface area contributed by atoms with E-state index in [4.69, 9.17) is 15.2 Å². The Morgan fingerprint density at radius 1 is 1.50 bits per heavy atom. The Morgan fingerprint density at radius 3 is 2.90 bits per heavy atom. The van der Waals surface area contributed by atoms with Crippen LogP contribution < -0.4 is 10.5 Å². The fourth-order valence-electron chi connectivity index (χ4n) is 2.24. The Bertz CT molecular complexity index is 574. The molecule has 2 N–H and O–H groups in total. The van der Waals surface area contributed by atoms with E-state index >= 15 is 0 Å². The Hall–Kier alpha value is -1.31. The van der Waals surface area contributed by atoms with E-state index in [1.807, 2.05) is 7.05 Å². The van der Waals surface area contributed by atoms with Crippen LogP contribution in [0.15, 0.2) is 23.1 Å². The van der Waals surface area contributed by atoms with Gasteiger partial charge in [0.05, 0.1) is 25.6 Å². The van der Waals surface area contributed by atoms with E-state index in [2.05, 4.69) is 4.90 Å². The first-order valence-corrected chi connectivity index (χ1v) is 8.04. The largest absolute Gasteiger partial charge is 0.495 e. The first-order valence-electron chi connectivity index (χ1n) is 6.39. The highest BCUT2D eigenvalue weighted by Gasteiger charge is 2.27. The van der Waals surface area contributed by atoms with Crippen LogP contribution in [0.5, 0.6) is 5.75 Å². The number of nitrogens with two attached hydrogens (primary N) is 1. The molecule has 1 fully saturated rings. The van der Waals surface area contributed by atoms with Gasteiger partial charge in [0.15, 0.2) is 9.84 Å². The average Bonchev–Trinajstić information content (AvgIpc) is 2.37. The molecule has 112 valence electrons. The van der Waals surface area contributed by atoms with E-state index in [0.717, 1.165) is 6.54 Å². The van der Waals surface area contributed by atoms with Gasteiger partial charge in [-0.25, -0.2) is 8.42 Å². The maximum Gasteiger partial charge on any atom is 0.184 e. The summed E-state index contributed by atoms with van der Waals surface area (Å²) >= 11 is 0. The molecule has 0 bridgehead atoms. The standard InChI is InChI=1S/C13H20N2O4S/c1-15-5-6-19-11(8-15)9-20(16,17)13-4-3-10(14)7-12(13)18-2/h3-4,7,11H,5-6,8-9,14H2,1-2H3. The fraction of sp³-hybridized carbons (Fsp3) is 0.538. The van der Waals surface area contributed by atoms with Gasteiger partial charge in [0.2, 0.25) is 0 Å². The molecule has 0 amide bonds. The van der Waals surface area contributed by atoms with Crippen LogP contribution in [-0.2, 0) is 14.6 Å². The van der Waals surface area contributed by atoms with Crippen LogP contribution in [0.1, 0.15) is 0 Å². The van der Waals surface area contributed by atoms with Gasteiger partial charge in [0.1, 0.15) is 10.6 Å². The van der Waals surface area contributed by atoms with Gasteiger partial charge in [-0.1, -0.05) is 0 Å². The van der Waals surface area contributed by atoms with Gasteiger partial charge in [-0.2, -0.15) is 0 Å². The second-order valence-corrected chi connectivity index (χ2v) is 6.95. The number of rotatable bonds is 4. The van der Waals surface area contributed by atoms with Crippen molar-refractivity contribution in [3.63, 3.8) is 0 Å². The number of hydrogen-bond donors (Lipinski definition) is 1. The minimum Gasteiger partial charge on any atom is -0.495 e. The molecule has 1 unspecified atom stereocenters. The lowest BCUT2D eigenvalue weighted by Crippen LogP contribution is -2.43. The molecule has 6 nitrogen and oxygen atoms in total. The number of methoxy groups -OCH3 is 1. The fourth-order valence-corrected chi connectivity index (χ4v) is 3.84. The van der Waals surface area contributed by atoms with E-state index in [0.29, 0.717) is 18.8 Å². The summed E-state index contributed by atoms with van der Waals surface area (Å²) in [4.78, 5) is 2.22. The molecule has 20 heavy (non-hydrogen) atoms. The van der Waals surface area contributed by atoms with Crippen LogP contribution >= 0.6 is 0 Å². The van der Waals surface area contributed by atoms with E-state index in [-0.39, 0.29) is 22.5 Å². The van der Waals surface area contributed by atoms with Gasteiger partial charge < -0.3 is 20.1 Å². The molecule has 1 atom stereocenters. The minimum absolute atomic E-state index is 0.0579. The molecular formula is C13H20N2O4S. The number of benzene rings is 1. The second kappa shape index (κ2) is 5.99. The number of anilines is 1.